The van der Waals surface area contributed by atoms with E-state index in [1.165, 1.54) is 0 Å². The number of fused-ring (bicyclic) bond motifs is 1. The third-order valence-corrected chi connectivity index (χ3v) is 5.90. The lowest BCUT2D eigenvalue weighted by Crippen LogP contribution is -2.41. The van der Waals surface area contributed by atoms with E-state index in [4.69, 9.17) is 9.15 Å². The van der Waals surface area contributed by atoms with Gasteiger partial charge in [0.05, 0.1) is 37.3 Å². The molecule has 1 N–H and O–H groups in total. The molecule has 0 radical (unpaired) electrons. The van der Waals surface area contributed by atoms with E-state index in [2.05, 4.69) is 11.4 Å². The quantitative estimate of drug-likeness (QED) is 0.831. The van der Waals surface area contributed by atoms with Gasteiger partial charge in [-0.25, -0.2) is 0 Å². The lowest BCUT2D eigenvalue weighted by molar-refractivity contribution is -0.136. The SMILES string of the molecule is Cc1cc(C)cc(NC(=O)[C@H]2[C@@H]3C=C[C@@]4(CN(Cc5ccco5)C(=O)[C@H]24)O3)c1. The van der Waals surface area contributed by atoms with Crippen molar-refractivity contribution in [3.05, 3.63) is 65.6 Å². The summed E-state index contributed by atoms with van der Waals surface area (Å²) in [5, 5.41) is 3.00. The highest BCUT2D eigenvalue weighted by Gasteiger charge is 2.66. The number of nitrogens with one attached hydrogen (secondary N) is 1. The number of furan rings is 1. The molecule has 2 amide bonds. The van der Waals surface area contributed by atoms with Crippen LogP contribution in [0.3, 0.4) is 0 Å². The Kier molecular flexibility index (Phi) is 3.74. The van der Waals surface area contributed by atoms with Gasteiger partial charge in [0, 0.05) is 5.69 Å². The fourth-order valence-corrected chi connectivity index (χ4v) is 4.87. The van der Waals surface area contributed by atoms with Crippen LogP contribution in [0, 0.1) is 25.7 Å². The first-order chi connectivity index (χ1) is 13.4. The molecule has 2 bridgehead atoms. The maximum Gasteiger partial charge on any atom is 0.231 e. The van der Waals surface area contributed by atoms with Crippen LogP contribution in [0.1, 0.15) is 16.9 Å². The van der Waals surface area contributed by atoms with E-state index in [-0.39, 0.29) is 17.9 Å². The van der Waals surface area contributed by atoms with E-state index in [1.54, 1.807) is 17.2 Å². The third kappa shape index (κ3) is 2.59. The minimum atomic E-state index is -0.709. The number of amides is 2. The van der Waals surface area contributed by atoms with Crippen LogP contribution in [0.25, 0.3) is 0 Å². The summed E-state index contributed by atoms with van der Waals surface area (Å²) in [5.74, 6) is -0.522. The van der Waals surface area contributed by atoms with E-state index in [0.717, 1.165) is 22.6 Å². The van der Waals surface area contributed by atoms with Crippen molar-refractivity contribution in [2.24, 2.45) is 11.8 Å². The molecule has 2 fully saturated rings. The molecule has 2 saturated heterocycles. The number of aryl methyl sites for hydroxylation is 2. The first-order valence-corrected chi connectivity index (χ1v) is 9.53. The topological polar surface area (TPSA) is 71.8 Å². The predicted octanol–water partition coefficient (Wildman–Crippen LogP) is 2.82. The van der Waals surface area contributed by atoms with Gasteiger partial charge in [0.2, 0.25) is 11.8 Å². The van der Waals surface area contributed by atoms with Gasteiger partial charge < -0.3 is 19.4 Å². The van der Waals surface area contributed by atoms with Gasteiger partial charge in [-0.15, -0.1) is 0 Å². The molecule has 144 valence electrons. The zero-order valence-electron chi connectivity index (χ0n) is 15.8. The minimum absolute atomic E-state index is 0.0520. The number of hydrogen-bond acceptors (Lipinski definition) is 4. The van der Waals surface area contributed by atoms with Crippen molar-refractivity contribution >= 4 is 17.5 Å². The summed E-state index contributed by atoms with van der Waals surface area (Å²) >= 11 is 0. The number of anilines is 1. The molecule has 3 aliphatic heterocycles. The van der Waals surface area contributed by atoms with Crippen molar-refractivity contribution in [2.75, 3.05) is 11.9 Å². The van der Waals surface area contributed by atoms with E-state index >= 15 is 0 Å². The van der Waals surface area contributed by atoms with Crippen LogP contribution >= 0.6 is 0 Å². The number of carbonyl (C=O) groups excluding carboxylic acids is 2. The molecule has 6 heteroatoms. The van der Waals surface area contributed by atoms with Crippen LogP contribution < -0.4 is 5.32 Å². The van der Waals surface area contributed by atoms with Crippen LogP contribution in [-0.2, 0) is 20.9 Å². The summed E-state index contributed by atoms with van der Waals surface area (Å²) in [7, 11) is 0. The van der Waals surface area contributed by atoms with Crippen LogP contribution in [0.5, 0.6) is 0 Å². The Hall–Kier alpha value is -2.86. The Morgan fingerprint density at radius 1 is 1.29 bits per heavy atom. The predicted molar refractivity (Wildman–Crippen MR) is 102 cm³/mol. The Balaban J connectivity index is 1.39. The second kappa shape index (κ2) is 6.07. The van der Waals surface area contributed by atoms with Crippen molar-refractivity contribution in [1.82, 2.24) is 4.90 Å². The molecule has 1 spiro atoms. The average Bonchev–Trinajstić information content (AvgIpc) is 3.37. The zero-order chi connectivity index (χ0) is 19.5. The number of nitrogens with zero attached hydrogens (tertiary/aromatic N) is 1. The molecule has 3 aliphatic rings. The van der Waals surface area contributed by atoms with E-state index < -0.39 is 17.4 Å². The van der Waals surface area contributed by atoms with E-state index in [0.29, 0.717) is 13.1 Å². The largest absolute Gasteiger partial charge is 0.467 e. The number of benzene rings is 1. The Morgan fingerprint density at radius 2 is 2.07 bits per heavy atom. The number of likely N-dealkylation sites (tertiary alicyclic amines) is 1. The molecule has 0 aliphatic carbocycles. The fraction of sp³-hybridized carbons (Fsp3) is 0.364. The maximum atomic E-state index is 13.2. The molecule has 4 heterocycles. The van der Waals surface area contributed by atoms with Crippen molar-refractivity contribution in [2.45, 2.75) is 32.1 Å². The summed E-state index contributed by atoms with van der Waals surface area (Å²) in [6.07, 6.45) is 5.12. The van der Waals surface area contributed by atoms with Crippen molar-refractivity contribution in [1.29, 1.82) is 0 Å². The van der Waals surface area contributed by atoms with Gasteiger partial charge in [0.25, 0.3) is 0 Å². The Labute approximate surface area is 163 Å². The Morgan fingerprint density at radius 3 is 2.79 bits per heavy atom. The van der Waals surface area contributed by atoms with E-state index in [1.807, 2.05) is 44.2 Å². The summed E-state index contributed by atoms with van der Waals surface area (Å²) in [6, 6.07) is 9.57. The highest BCUT2D eigenvalue weighted by molar-refractivity contribution is 5.99. The van der Waals surface area contributed by atoms with Crippen molar-refractivity contribution < 1.29 is 18.7 Å². The van der Waals surface area contributed by atoms with Gasteiger partial charge in [-0.1, -0.05) is 18.2 Å². The molecule has 28 heavy (non-hydrogen) atoms. The van der Waals surface area contributed by atoms with Crippen molar-refractivity contribution in [3.63, 3.8) is 0 Å². The molecule has 0 saturated carbocycles. The van der Waals surface area contributed by atoms with Gasteiger partial charge in [0.15, 0.2) is 0 Å². The number of hydrogen-bond donors (Lipinski definition) is 1. The zero-order valence-corrected chi connectivity index (χ0v) is 15.8. The molecular weight excluding hydrogens is 356 g/mol. The van der Waals surface area contributed by atoms with Gasteiger partial charge >= 0.3 is 0 Å². The standard InChI is InChI=1S/C22H22N2O4/c1-13-8-14(2)10-15(9-13)23-20(25)18-17-5-6-22(28-17)12-24(21(26)19(18)22)11-16-4-3-7-27-16/h3-10,17-19H,11-12H2,1-2H3,(H,23,25)/t17-,18-,19-,22-/m0/s1. The summed E-state index contributed by atoms with van der Waals surface area (Å²) < 4.78 is 11.5. The Bertz CT molecular complexity index is 960. The average molecular weight is 378 g/mol. The van der Waals surface area contributed by atoms with Gasteiger partial charge in [0.1, 0.15) is 11.4 Å². The van der Waals surface area contributed by atoms with Gasteiger partial charge in [-0.2, -0.15) is 0 Å². The smallest absolute Gasteiger partial charge is 0.231 e. The molecule has 4 atom stereocenters. The third-order valence-electron chi connectivity index (χ3n) is 5.90. The molecule has 5 rings (SSSR count). The van der Waals surface area contributed by atoms with Gasteiger partial charge in [-0.05, 0) is 49.2 Å². The summed E-state index contributed by atoms with van der Waals surface area (Å²) in [6.45, 7) is 4.82. The monoisotopic (exact) mass is 378 g/mol. The molecular formula is C22H22N2O4. The van der Waals surface area contributed by atoms with E-state index in [9.17, 15) is 9.59 Å². The molecule has 1 aromatic carbocycles. The molecule has 6 nitrogen and oxygen atoms in total. The highest BCUT2D eigenvalue weighted by atomic mass is 16.5. The normalized spacial score (nSPS) is 30.1. The second-order valence-corrected chi connectivity index (χ2v) is 8.04. The van der Waals surface area contributed by atoms with Gasteiger partial charge in [-0.3, -0.25) is 9.59 Å². The molecule has 0 unspecified atom stereocenters. The van der Waals surface area contributed by atoms with Crippen LogP contribution in [0.4, 0.5) is 5.69 Å². The second-order valence-electron chi connectivity index (χ2n) is 8.04. The molecule has 1 aromatic heterocycles. The first-order valence-electron chi connectivity index (χ1n) is 9.53. The summed E-state index contributed by atoms with van der Waals surface area (Å²) in [5.41, 5.74) is 2.20. The fourth-order valence-electron chi connectivity index (χ4n) is 4.87. The first kappa shape index (κ1) is 17.3. The number of carbonyl (C=O) groups is 2. The lowest BCUT2D eigenvalue weighted by atomic mass is 9.76. The van der Waals surface area contributed by atoms with Crippen LogP contribution in [-0.4, -0.2) is 35.0 Å². The lowest BCUT2D eigenvalue weighted by Gasteiger charge is -2.23. The van der Waals surface area contributed by atoms with Crippen LogP contribution in [0.2, 0.25) is 0 Å². The molecule has 2 aromatic rings. The van der Waals surface area contributed by atoms with Crippen LogP contribution in [0.15, 0.2) is 53.2 Å². The van der Waals surface area contributed by atoms with Crippen molar-refractivity contribution in [3.8, 4) is 0 Å². The minimum Gasteiger partial charge on any atom is -0.467 e. The highest BCUT2D eigenvalue weighted by Crippen LogP contribution is 2.52. The number of rotatable bonds is 4. The summed E-state index contributed by atoms with van der Waals surface area (Å²) in [4.78, 5) is 28.0. The number of ether oxygens (including phenoxy) is 1. The maximum absolute atomic E-state index is 13.2.